The van der Waals surface area contributed by atoms with Gasteiger partial charge in [0, 0.05) is 24.8 Å². The van der Waals surface area contributed by atoms with Crippen LogP contribution in [0.25, 0.3) is 10.4 Å². The van der Waals surface area contributed by atoms with Crippen LogP contribution in [0.5, 0.6) is 17.2 Å². The second-order valence-electron chi connectivity index (χ2n) is 5.62. The van der Waals surface area contributed by atoms with Gasteiger partial charge in [-0.2, -0.15) is 0 Å². The van der Waals surface area contributed by atoms with E-state index >= 15 is 0 Å². The SMILES string of the molecule is COc1cc(-c2cnc(CNCc3ccccc3)s2)cc(OC)c1OC. The van der Waals surface area contributed by atoms with Gasteiger partial charge in [-0.1, -0.05) is 30.3 Å². The maximum absolute atomic E-state index is 5.43. The maximum Gasteiger partial charge on any atom is 0.203 e. The molecular weight excluding hydrogens is 348 g/mol. The van der Waals surface area contributed by atoms with Gasteiger partial charge in [-0.15, -0.1) is 11.3 Å². The molecule has 0 saturated heterocycles. The Morgan fingerprint density at radius 3 is 2.23 bits per heavy atom. The summed E-state index contributed by atoms with van der Waals surface area (Å²) in [6.07, 6.45) is 1.88. The average Bonchev–Trinajstić information content (AvgIpc) is 3.16. The van der Waals surface area contributed by atoms with Gasteiger partial charge in [0.1, 0.15) is 5.01 Å². The van der Waals surface area contributed by atoms with Crippen LogP contribution in [0.15, 0.2) is 48.7 Å². The highest BCUT2D eigenvalue weighted by Gasteiger charge is 2.15. The van der Waals surface area contributed by atoms with Crippen molar-refractivity contribution in [3.05, 3.63) is 59.2 Å². The highest BCUT2D eigenvalue weighted by Crippen LogP contribution is 2.42. The molecule has 0 fully saturated rings. The first-order valence-electron chi connectivity index (χ1n) is 8.25. The van der Waals surface area contributed by atoms with Crippen molar-refractivity contribution in [2.45, 2.75) is 13.1 Å². The van der Waals surface area contributed by atoms with Crippen LogP contribution in [0.2, 0.25) is 0 Å². The number of methoxy groups -OCH3 is 3. The van der Waals surface area contributed by atoms with E-state index in [0.717, 1.165) is 28.5 Å². The Morgan fingerprint density at radius 2 is 1.62 bits per heavy atom. The van der Waals surface area contributed by atoms with Crippen LogP contribution in [0.3, 0.4) is 0 Å². The topological polar surface area (TPSA) is 52.6 Å². The van der Waals surface area contributed by atoms with Gasteiger partial charge in [0.05, 0.1) is 26.2 Å². The lowest BCUT2D eigenvalue weighted by atomic mass is 10.1. The number of rotatable bonds is 8. The quantitative estimate of drug-likeness (QED) is 0.646. The molecule has 0 aliphatic carbocycles. The van der Waals surface area contributed by atoms with Gasteiger partial charge in [-0.3, -0.25) is 0 Å². The van der Waals surface area contributed by atoms with E-state index in [1.54, 1.807) is 32.7 Å². The highest BCUT2D eigenvalue weighted by atomic mass is 32.1. The van der Waals surface area contributed by atoms with Crippen molar-refractivity contribution >= 4 is 11.3 Å². The highest BCUT2D eigenvalue weighted by molar-refractivity contribution is 7.15. The number of hydrogen-bond acceptors (Lipinski definition) is 6. The van der Waals surface area contributed by atoms with Crippen LogP contribution in [0.4, 0.5) is 0 Å². The van der Waals surface area contributed by atoms with Crippen molar-refractivity contribution in [3.63, 3.8) is 0 Å². The lowest BCUT2D eigenvalue weighted by molar-refractivity contribution is 0.324. The zero-order chi connectivity index (χ0) is 18.4. The fraction of sp³-hybridized carbons (Fsp3) is 0.250. The van der Waals surface area contributed by atoms with Crippen molar-refractivity contribution < 1.29 is 14.2 Å². The number of nitrogens with zero attached hydrogens (tertiary/aromatic N) is 1. The predicted octanol–water partition coefficient (Wildman–Crippen LogP) is 4.13. The van der Waals surface area contributed by atoms with Crippen LogP contribution in [-0.4, -0.2) is 26.3 Å². The third-order valence-electron chi connectivity index (χ3n) is 3.95. The van der Waals surface area contributed by atoms with Gasteiger partial charge < -0.3 is 19.5 Å². The normalized spacial score (nSPS) is 10.6. The van der Waals surface area contributed by atoms with Crippen LogP contribution in [-0.2, 0) is 13.1 Å². The Bertz CT molecular complexity index is 824. The number of hydrogen-bond donors (Lipinski definition) is 1. The molecule has 0 saturated carbocycles. The van der Waals surface area contributed by atoms with Crippen molar-refractivity contribution in [2.24, 2.45) is 0 Å². The molecule has 1 aromatic heterocycles. The summed E-state index contributed by atoms with van der Waals surface area (Å²) < 4.78 is 16.2. The monoisotopic (exact) mass is 370 g/mol. The molecule has 1 heterocycles. The molecule has 26 heavy (non-hydrogen) atoms. The molecule has 6 heteroatoms. The molecule has 3 aromatic rings. The van der Waals surface area contributed by atoms with E-state index in [9.17, 15) is 0 Å². The Morgan fingerprint density at radius 1 is 0.923 bits per heavy atom. The molecule has 0 unspecified atom stereocenters. The predicted molar refractivity (Wildman–Crippen MR) is 104 cm³/mol. The van der Waals surface area contributed by atoms with Crippen LogP contribution >= 0.6 is 11.3 Å². The summed E-state index contributed by atoms with van der Waals surface area (Å²) in [4.78, 5) is 5.58. The lowest BCUT2D eigenvalue weighted by Crippen LogP contribution is -2.12. The first-order chi connectivity index (χ1) is 12.7. The fourth-order valence-corrected chi connectivity index (χ4v) is 3.53. The van der Waals surface area contributed by atoms with Crippen molar-refractivity contribution in [1.82, 2.24) is 10.3 Å². The molecular formula is C20H22N2O3S. The lowest BCUT2D eigenvalue weighted by Gasteiger charge is -2.13. The molecule has 0 amide bonds. The molecule has 0 atom stereocenters. The number of thiazole rings is 1. The number of benzene rings is 2. The van der Waals surface area contributed by atoms with Crippen molar-refractivity contribution in [3.8, 4) is 27.7 Å². The summed E-state index contributed by atoms with van der Waals surface area (Å²) in [7, 11) is 4.84. The Labute approximate surface area is 157 Å². The molecule has 0 bridgehead atoms. The largest absolute Gasteiger partial charge is 0.493 e. The first kappa shape index (κ1) is 18.2. The van der Waals surface area contributed by atoms with Crippen LogP contribution in [0, 0.1) is 0 Å². The van der Waals surface area contributed by atoms with E-state index in [1.807, 2.05) is 36.5 Å². The molecule has 5 nitrogen and oxygen atoms in total. The smallest absolute Gasteiger partial charge is 0.203 e. The van der Waals surface area contributed by atoms with Crippen molar-refractivity contribution in [2.75, 3.05) is 21.3 Å². The Kier molecular flexibility index (Phi) is 6.09. The summed E-state index contributed by atoms with van der Waals surface area (Å²) in [6, 6.07) is 14.2. The average molecular weight is 370 g/mol. The van der Waals surface area contributed by atoms with Gasteiger partial charge in [0.15, 0.2) is 11.5 Å². The van der Waals surface area contributed by atoms with E-state index in [-0.39, 0.29) is 0 Å². The zero-order valence-electron chi connectivity index (χ0n) is 15.1. The minimum absolute atomic E-state index is 0.591. The maximum atomic E-state index is 5.43. The zero-order valence-corrected chi connectivity index (χ0v) is 15.9. The van der Waals surface area contributed by atoms with Gasteiger partial charge >= 0.3 is 0 Å². The van der Waals surface area contributed by atoms with Crippen LogP contribution < -0.4 is 19.5 Å². The minimum Gasteiger partial charge on any atom is -0.493 e. The number of nitrogens with one attached hydrogen (secondary N) is 1. The molecule has 0 radical (unpaired) electrons. The number of aromatic nitrogens is 1. The molecule has 0 spiro atoms. The molecule has 3 rings (SSSR count). The van der Waals surface area contributed by atoms with Crippen LogP contribution in [0.1, 0.15) is 10.6 Å². The molecule has 2 aromatic carbocycles. The second kappa shape index (κ2) is 8.69. The number of ether oxygens (including phenoxy) is 3. The summed E-state index contributed by atoms with van der Waals surface area (Å²) >= 11 is 1.65. The summed E-state index contributed by atoms with van der Waals surface area (Å²) in [5.74, 6) is 1.87. The summed E-state index contributed by atoms with van der Waals surface area (Å²) in [5, 5.41) is 4.46. The van der Waals surface area contributed by atoms with Gasteiger partial charge in [0.25, 0.3) is 0 Å². The Balaban J connectivity index is 1.73. The third kappa shape index (κ3) is 4.15. The first-order valence-corrected chi connectivity index (χ1v) is 9.06. The van der Waals surface area contributed by atoms with E-state index in [2.05, 4.69) is 22.4 Å². The minimum atomic E-state index is 0.591. The van der Waals surface area contributed by atoms with E-state index in [1.165, 1.54) is 5.56 Å². The Hall–Kier alpha value is -2.57. The molecule has 136 valence electrons. The van der Waals surface area contributed by atoms with Crippen molar-refractivity contribution in [1.29, 1.82) is 0 Å². The molecule has 0 aliphatic rings. The van der Waals surface area contributed by atoms with Gasteiger partial charge in [-0.05, 0) is 17.7 Å². The summed E-state index contributed by atoms with van der Waals surface area (Å²) in [5.41, 5.74) is 2.25. The van der Waals surface area contributed by atoms with E-state index in [0.29, 0.717) is 17.2 Å². The molecule has 1 N–H and O–H groups in total. The summed E-state index contributed by atoms with van der Waals surface area (Å²) in [6.45, 7) is 1.55. The van der Waals surface area contributed by atoms with E-state index in [4.69, 9.17) is 14.2 Å². The third-order valence-corrected chi connectivity index (χ3v) is 5.00. The van der Waals surface area contributed by atoms with E-state index < -0.39 is 0 Å². The second-order valence-corrected chi connectivity index (χ2v) is 6.74. The van der Waals surface area contributed by atoms with Gasteiger partial charge in [-0.25, -0.2) is 4.98 Å². The molecule has 0 aliphatic heterocycles. The fourth-order valence-electron chi connectivity index (χ4n) is 2.66. The standard InChI is InChI=1S/C20H22N2O3S/c1-23-16-9-15(10-17(24-2)20(16)25-3)18-12-22-19(26-18)13-21-11-14-7-5-4-6-8-14/h4-10,12,21H,11,13H2,1-3H3. The van der Waals surface area contributed by atoms with Gasteiger partial charge in [0.2, 0.25) is 5.75 Å².